The van der Waals surface area contributed by atoms with Crippen LogP contribution >= 0.6 is 11.6 Å². The van der Waals surface area contributed by atoms with Crippen molar-refractivity contribution in [2.45, 2.75) is 26.8 Å². The number of fused-ring (bicyclic) bond motifs is 1. The Morgan fingerprint density at radius 1 is 1.04 bits per heavy atom. The van der Waals surface area contributed by atoms with Gasteiger partial charge in [-0.3, -0.25) is 9.59 Å². The Morgan fingerprint density at radius 2 is 1.68 bits per heavy atom. The fraction of sp³-hybridized carbons (Fsp3) is 0.300. The number of carbonyl (C=O) groups is 2. The van der Waals surface area contributed by atoms with Crippen LogP contribution in [0.15, 0.2) is 48.5 Å². The first-order valence-corrected chi connectivity index (χ1v) is 8.69. The highest BCUT2D eigenvalue weighted by atomic mass is 35.5. The van der Waals surface area contributed by atoms with E-state index in [0.717, 1.165) is 12.0 Å². The van der Waals surface area contributed by atoms with E-state index in [1.165, 1.54) is 5.56 Å². The topological polar surface area (TPSA) is 49.4 Å². The molecule has 4 nitrogen and oxygen atoms in total. The van der Waals surface area contributed by atoms with Gasteiger partial charge < -0.3 is 10.2 Å². The summed E-state index contributed by atoms with van der Waals surface area (Å²) >= 11 is 5.86. The number of nitrogens with zero attached hydrogens (tertiary/aromatic N) is 1. The van der Waals surface area contributed by atoms with Crippen LogP contribution in [0.25, 0.3) is 0 Å². The van der Waals surface area contributed by atoms with Gasteiger partial charge in [-0.05, 0) is 55.7 Å². The number of carbonyl (C=O) groups excluding carboxylic acids is 2. The molecule has 0 spiro atoms. The third-order valence-corrected chi connectivity index (χ3v) is 4.87. The molecule has 0 fully saturated rings. The van der Waals surface area contributed by atoms with Gasteiger partial charge in [0.15, 0.2) is 0 Å². The van der Waals surface area contributed by atoms with Gasteiger partial charge in [-0.1, -0.05) is 35.9 Å². The molecule has 2 amide bonds. The predicted molar refractivity (Wildman–Crippen MR) is 99.4 cm³/mol. The van der Waals surface area contributed by atoms with Crippen molar-refractivity contribution in [2.75, 3.05) is 11.9 Å². The van der Waals surface area contributed by atoms with Crippen molar-refractivity contribution >= 4 is 29.1 Å². The number of anilines is 1. The van der Waals surface area contributed by atoms with E-state index in [0.29, 0.717) is 23.8 Å². The van der Waals surface area contributed by atoms with Crippen molar-refractivity contribution in [3.8, 4) is 0 Å². The molecule has 1 aliphatic heterocycles. The van der Waals surface area contributed by atoms with Crippen LogP contribution in [0.2, 0.25) is 5.02 Å². The van der Waals surface area contributed by atoms with E-state index in [9.17, 15) is 9.59 Å². The lowest BCUT2D eigenvalue weighted by atomic mass is 9.88. The van der Waals surface area contributed by atoms with Gasteiger partial charge >= 0.3 is 0 Å². The van der Waals surface area contributed by atoms with E-state index in [-0.39, 0.29) is 11.8 Å². The zero-order valence-corrected chi connectivity index (χ0v) is 15.1. The van der Waals surface area contributed by atoms with Gasteiger partial charge in [-0.15, -0.1) is 0 Å². The van der Waals surface area contributed by atoms with Crippen molar-refractivity contribution in [1.82, 2.24) is 4.90 Å². The molecule has 0 aliphatic carbocycles. The summed E-state index contributed by atoms with van der Waals surface area (Å²) in [5.41, 5.74) is 1.90. The highest BCUT2D eigenvalue weighted by molar-refractivity contribution is 6.30. The van der Waals surface area contributed by atoms with Crippen LogP contribution in [0.1, 0.15) is 25.0 Å². The smallest absolute Gasteiger partial charge is 0.239 e. The molecule has 130 valence electrons. The van der Waals surface area contributed by atoms with Crippen LogP contribution in [-0.4, -0.2) is 23.3 Å². The van der Waals surface area contributed by atoms with Crippen LogP contribution < -0.4 is 5.32 Å². The first-order chi connectivity index (χ1) is 11.9. The molecule has 3 rings (SSSR count). The summed E-state index contributed by atoms with van der Waals surface area (Å²) in [7, 11) is 0. The molecule has 0 saturated heterocycles. The number of nitrogens with one attached hydrogen (secondary N) is 1. The van der Waals surface area contributed by atoms with E-state index in [1.54, 1.807) is 43.0 Å². The quantitative estimate of drug-likeness (QED) is 0.848. The molecule has 0 atom stereocenters. The Hall–Kier alpha value is -2.33. The molecule has 0 bridgehead atoms. The second-order valence-corrected chi connectivity index (χ2v) is 7.27. The van der Waals surface area contributed by atoms with Crippen molar-refractivity contribution in [3.63, 3.8) is 0 Å². The summed E-state index contributed by atoms with van der Waals surface area (Å²) in [6.45, 7) is 4.52. The van der Waals surface area contributed by atoms with Gasteiger partial charge in [0.1, 0.15) is 5.41 Å². The fourth-order valence-electron chi connectivity index (χ4n) is 2.98. The van der Waals surface area contributed by atoms with Gasteiger partial charge in [0.05, 0.1) is 0 Å². The molecule has 1 heterocycles. The second kappa shape index (κ2) is 6.89. The Labute approximate surface area is 152 Å². The molecular weight excluding hydrogens is 336 g/mol. The van der Waals surface area contributed by atoms with Crippen LogP contribution in [0.3, 0.4) is 0 Å². The van der Waals surface area contributed by atoms with E-state index < -0.39 is 5.41 Å². The maximum atomic E-state index is 13.0. The number of halogens is 1. The highest BCUT2D eigenvalue weighted by Crippen LogP contribution is 2.26. The molecule has 0 radical (unpaired) electrons. The normalized spacial score (nSPS) is 14.0. The Kier molecular flexibility index (Phi) is 4.82. The Bertz CT molecular complexity index is 800. The first-order valence-electron chi connectivity index (χ1n) is 8.31. The Balaban J connectivity index is 1.72. The fourth-order valence-corrected chi connectivity index (χ4v) is 3.11. The number of rotatable bonds is 3. The SMILES string of the molecule is CC(C)(C(=O)Nc1ccc(Cl)cc1)C(=O)N1CCc2ccccc2C1. The number of hydrogen-bond donors (Lipinski definition) is 1. The van der Waals surface area contributed by atoms with Gasteiger partial charge in [0.2, 0.25) is 11.8 Å². The van der Waals surface area contributed by atoms with E-state index in [2.05, 4.69) is 11.4 Å². The van der Waals surface area contributed by atoms with E-state index >= 15 is 0 Å². The lowest BCUT2D eigenvalue weighted by Gasteiger charge is -2.34. The molecular formula is C20H21ClN2O2. The minimum Gasteiger partial charge on any atom is -0.337 e. The maximum absolute atomic E-state index is 13.0. The number of amides is 2. The third-order valence-electron chi connectivity index (χ3n) is 4.62. The van der Waals surface area contributed by atoms with Gasteiger partial charge in [-0.2, -0.15) is 0 Å². The second-order valence-electron chi connectivity index (χ2n) is 6.83. The molecule has 0 unspecified atom stereocenters. The average Bonchev–Trinajstić information content (AvgIpc) is 2.62. The minimum absolute atomic E-state index is 0.159. The van der Waals surface area contributed by atoms with E-state index in [1.807, 2.05) is 18.2 Å². The number of hydrogen-bond acceptors (Lipinski definition) is 2. The van der Waals surface area contributed by atoms with Gasteiger partial charge in [0, 0.05) is 23.8 Å². The molecule has 1 N–H and O–H groups in total. The minimum atomic E-state index is -1.15. The maximum Gasteiger partial charge on any atom is 0.239 e. The standard InChI is InChI=1S/C20H21ClN2O2/c1-20(2,18(24)22-17-9-7-16(21)8-10-17)19(25)23-12-11-14-5-3-4-6-15(14)13-23/h3-10H,11-13H2,1-2H3,(H,22,24). The van der Waals surface area contributed by atoms with Crippen LogP contribution in [0, 0.1) is 5.41 Å². The van der Waals surface area contributed by atoms with Gasteiger partial charge in [-0.25, -0.2) is 0 Å². The Morgan fingerprint density at radius 3 is 2.36 bits per heavy atom. The van der Waals surface area contributed by atoms with Crippen molar-refractivity contribution < 1.29 is 9.59 Å². The van der Waals surface area contributed by atoms with E-state index in [4.69, 9.17) is 11.6 Å². The summed E-state index contributed by atoms with van der Waals surface area (Å²) < 4.78 is 0. The molecule has 0 aromatic heterocycles. The van der Waals surface area contributed by atoms with Crippen LogP contribution in [0.5, 0.6) is 0 Å². The summed E-state index contributed by atoms with van der Waals surface area (Å²) in [6, 6.07) is 15.0. The van der Waals surface area contributed by atoms with Crippen LogP contribution in [0.4, 0.5) is 5.69 Å². The zero-order valence-electron chi connectivity index (χ0n) is 14.4. The molecule has 0 saturated carbocycles. The summed E-state index contributed by atoms with van der Waals surface area (Å²) in [4.78, 5) is 27.4. The first kappa shape index (κ1) is 17.5. The highest BCUT2D eigenvalue weighted by Gasteiger charge is 2.40. The molecule has 25 heavy (non-hydrogen) atoms. The largest absolute Gasteiger partial charge is 0.337 e. The lowest BCUT2D eigenvalue weighted by Crippen LogP contribution is -2.48. The third kappa shape index (κ3) is 3.69. The molecule has 5 heteroatoms. The predicted octanol–water partition coefficient (Wildman–Crippen LogP) is 3.89. The summed E-state index contributed by atoms with van der Waals surface area (Å²) in [5, 5.41) is 3.40. The molecule has 2 aromatic carbocycles. The monoisotopic (exact) mass is 356 g/mol. The van der Waals surface area contributed by atoms with Crippen molar-refractivity contribution in [3.05, 3.63) is 64.7 Å². The van der Waals surface area contributed by atoms with Gasteiger partial charge in [0.25, 0.3) is 0 Å². The number of benzene rings is 2. The van der Waals surface area contributed by atoms with Crippen molar-refractivity contribution in [2.24, 2.45) is 5.41 Å². The molecule has 1 aliphatic rings. The molecule has 2 aromatic rings. The van der Waals surface area contributed by atoms with Crippen LogP contribution in [-0.2, 0) is 22.6 Å². The summed E-state index contributed by atoms with van der Waals surface area (Å²) in [5.74, 6) is -0.479. The summed E-state index contributed by atoms with van der Waals surface area (Å²) in [6.07, 6.45) is 0.816. The zero-order chi connectivity index (χ0) is 18.0. The van der Waals surface area contributed by atoms with Crippen molar-refractivity contribution in [1.29, 1.82) is 0 Å². The lowest BCUT2D eigenvalue weighted by molar-refractivity contribution is -0.147. The average molecular weight is 357 g/mol.